The van der Waals surface area contributed by atoms with E-state index < -0.39 is 0 Å². The third kappa shape index (κ3) is 3.83. The number of halogens is 1. The average molecular weight is 274 g/mol. The summed E-state index contributed by atoms with van der Waals surface area (Å²) < 4.78 is 0. The molecule has 2 nitrogen and oxygen atoms in total. The molecule has 0 bridgehead atoms. The Labute approximate surface area is 118 Å². The van der Waals surface area contributed by atoms with Crippen molar-refractivity contribution in [1.29, 1.82) is 0 Å². The lowest BCUT2D eigenvalue weighted by atomic mass is 9.99. The van der Waals surface area contributed by atoms with Gasteiger partial charge in [-0.05, 0) is 18.2 Å². The third-order valence-corrected chi connectivity index (χ3v) is 3.18. The van der Waals surface area contributed by atoms with E-state index in [1.807, 2.05) is 61.5 Å². The molecular weight excluding hydrogens is 258 g/mol. The third-order valence-electron chi connectivity index (χ3n) is 2.94. The predicted molar refractivity (Wildman–Crippen MR) is 79.9 cm³/mol. The summed E-state index contributed by atoms with van der Waals surface area (Å²) in [5.41, 5.74) is 1.68. The summed E-state index contributed by atoms with van der Waals surface area (Å²) in [5, 5.41) is 3.92. The summed E-state index contributed by atoms with van der Waals surface area (Å²) in [6, 6.07) is 16.9. The van der Waals surface area contributed by atoms with Crippen LogP contribution in [0.2, 0.25) is 5.02 Å². The van der Waals surface area contributed by atoms with Crippen molar-refractivity contribution in [3.63, 3.8) is 0 Å². The maximum atomic E-state index is 12.2. The molecule has 0 fully saturated rings. The molecule has 0 spiro atoms. The number of benzene rings is 2. The van der Waals surface area contributed by atoms with Crippen LogP contribution in [-0.2, 0) is 0 Å². The van der Waals surface area contributed by atoms with Crippen molar-refractivity contribution >= 4 is 23.1 Å². The summed E-state index contributed by atoms with van der Waals surface area (Å²) >= 11 is 5.91. The highest BCUT2D eigenvalue weighted by atomic mass is 35.5. The lowest BCUT2D eigenvalue weighted by Gasteiger charge is -2.13. The summed E-state index contributed by atoms with van der Waals surface area (Å²) in [6.07, 6.45) is 0. The van der Waals surface area contributed by atoms with Gasteiger partial charge in [-0.15, -0.1) is 0 Å². The van der Waals surface area contributed by atoms with Crippen molar-refractivity contribution < 1.29 is 4.79 Å². The molecule has 3 heteroatoms. The van der Waals surface area contributed by atoms with Crippen LogP contribution in [0, 0.1) is 5.92 Å². The van der Waals surface area contributed by atoms with Gasteiger partial charge in [-0.25, -0.2) is 0 Å². The van der Waals surface area contributed by atoms with Gasteiger partial charge in [0.1, 0.15) is 0 Å². The van der Waals surface area contributed by atoms with Crippen LogP contribution in [0.4, 0.5) is 5.69 Å². The van der Waals surface area contributed by atoms with Crippen LogP contribution in [0.1, 0.15) is 17.3 Å². The van der Waals surface area contributed by atoms with Gasteiger partial charge < -0.3 is 5.32 Å². The van der Waals surface area contributed by atoms with Crippen molar-refractivity contribution in [1.82, 2.24) is 0 Å². The van der Waals surface area contributed by atoms with Gasteiger partial charge in [-0.1, -0.05) is 54.9 Å². The molecule has 19 heavy (non-hydrogen) atoms. The van der Waals surface area contributed by atoms with Gasteiger partial charge in [-0.3, -0.25) is 4.79 Å². The van der Waals surface area contributed by atoms with Gasteiger partial charge in [0, 0.05) is 28.7 Å². The quantitative estimate of drug-likeness (QED) is 0.824. The van der Waals surface area contributed by atoms with Crippen molar-refractivity contribution in [3.8, 4) is 0 Å². The fourth-order valence-corrected chi connectivity index (χ4v) is 2.04. The standard InChI is InChI=1S/C16H16ClNO/c1-12(16(19)13-6-3-2-4-7-13)11-18-15-9-5-8-14(17)10-15/h2-10,12,18H,11H2,1H3/t12-/m0/s1. The highest BCUT2D eigenvalue weighted by Crippen LogP contribution is 2.16. The first-order valence-electron chi connectivity index (χ1n) is 6.25. The lowest BCUT2D eigenvalue weighted by molar-refractivity contribution is 0.0936. The minimum atomic E-state index is -0.0821. The number of nitrogens with one attached hydrogen (secondary N) is 1. The van der Waals surface area contributed by atoms with E-state index in [-0.39, 0.29) is 11.7 Å². The Morgan fingerprint density at radius 1 is 1.16 bits per heavy atom. The number of hydrogen-bond donors (Lipinski definition) is 1. The van der Waals surface area contributed by atoms with E-state index in [9.17, 15) is 4.79 Å². The van der Waals surface area contributed by atoms with Crippen molar-refractivity contribution in [3.05, 3.63) is 65.2 Å². The van der Waals surface area contributed by atoms with E-state index >= 15 is 0 Å². The zero-order valence-electron chi connectivity index (χ0n) is 10.8. The average Bonchev–Trinajstić information content (AvgIpc) is 2.45. The summed E-state index contributed by atoms with van der Waals surface area (Å²) in [7, 11) is 0. The molecule has 98 valence electrons. The van der Waals surface area contributed by atoms with Crippen LogP contribution in [0.5, 0.6) is 0 Å². The van der Waals surface area contributed by atoms with Gasteiger partial charge in [0.15, 0.2) is 5.78 Å². The molecule has 2 aromatic carbocycles. The number of Topliss-reactive ketones (excluding diaryl/α,β-unsaturated/α-hetero) is 1. The lowest BCUT2D eigenvalue weighted by Crippen LogP contribution is -2.20. The molecular formula is C16H16ClNO. The Morgan fingerprint density at radius 3 is 2.58 bits per heavy atom. The minimum Gasteiger partial charge on any atom is -0.384 e. The van der Waals surface area contributed by atoms with Crippen LogP contribution in [0.3, 0.4) is 0 Å². The molecule has 0 aromatic heterocycles. The summed E-state index contributed by atoms with van der Waals surface area (Å²) in [5.74, 6) is 0.0662. The Bertz CT molecular complexity index is 554. The van der Waals surface area contributed by atoms with E-state index in [1.54, 1.807) is 0 Å². The van der Waals surface area contributed by atoms with Crippen LogP contribution in [0.25, 0.3) is 0 Å². The maximum Gasteiger partial charge on any atom is 0.167 e. The first-order chi connectivity index (χ1) is 9.16. The molecule has 0 amide bonds. The Hall–Kier alpha value is -1.80. The fraction of sp³-hybridized carbons (Fsp3) is 0.188. The van der Waals surface area contributed by atoms with Gasteiger partial charge >= 0.3 is 0 Å². The molecule has 0 aliphatic rings. The van der Waals surface area contributed by atoms with Gasteiger partial charge in [0.2, 0.25) is 0 Å². The number of anilines is 1. The number of rotatable bonds is 5. The number of carbonyl (C=O) groups is 1. The Balaban J connectivity index is 1.95. The van der Waals surface area contributed by atoms with E-state index in [4.69, 9.17) is 11.6 Å². The molecule has 0 heterocycles. The van der Waals surface area contributed by atoms with E-state index in [2.05, 4.69) is 5.32 Å². The van der Waals surface area contributed by atoms with Gasteiger partial charge in [0.25, 0.3) is 0 Å². The largest absolute Gasteiger partial charge is 0.384 e. The second-order valence-corrected chi connectivity index (χ2v) is 4.96. The van der Waals surface area contributed by atoms with Crippen LogP contribution in [0.15, 0.2) is 54.6 Å². The van der Waals surface area contributed by atoms with Gasteiger partial charge in [0.05, 0.1) is 0 Å². The van der Waals surface area contributed by atoms with Crippen LogP contribution < -0.4 is 5.32 Å². The molecule has 0 saturated carbocycles. The van der Waals surface area contributed by atoms with Gasteiger partial charge in [-0.2, -0.15) is 0 Å². The Morgan fingerprint density at radius 2 is 1.89 bits per heavy atom. The molecule has 0 saturated heterocycles. The van der Waals surface area contributed by atoms with Crippen molar-refractivity contribution in [2.24, 2.45) is 5.92 Å². The maximum absolute atomic E-state index is 12.2. The van der Waals surface area contributed by atoms with E-state index in [0.29, 0.717) is 11.6 Å². The van der Waals surface area contributed by atoms with Crippen molar-refractivity contribution in [2.75, 3.05) is 11.9 Å². The number of carbonyl (C=O) groups excluding carboxylic acids is 1. The molecule has 2 rings (SSSR count). The number of hydrogen-bond acceptors (Lipinski definition) is 2. The fourth-order valence-electron chi connectivity index (χ4n) is 1.85. The molecule has 1 N–H and O–H groups in total. The highest BCUT2D eigenvalue weighted by molar-refractivity contribution is 6.30. The minimum absolute atomic E-state index is 0.0821. The first-order valence-corrected chi connectivity index (χ1v) is 6.63. The van der Waals surface area contributed by atoms with Crippen LogP contribution in [-0.4, -0.2) is 12.3 Å². The normalized spacial score (nSPS) is 11.9. The van der Waals surface area contributed by atoms with E-state index in [1.165, 1.54) is 0 Å². The predicted octanol–water partition coefficient (Wildman–Crippen LogP) is 4.27. The number of ketones is 1. The van der Waals surface area contributed by atoms with E-state index in [0.717, 1.165) is 11.3 Å². The smallest absolute Gasteiger partial charge is 0.167 e. The van der Waals surface area contributed by atoms with Crippen molar-refractivity contribution in [2.45, 2.75) is 6.92 Å². The Kier molecular flexibility index (Phi) is 4.58. The monoisotopic (exact) mass is 273 g/mol. The highest BCUT2D eigenvalue weighted by Gasteiger charge is 2.14. The SMILES string of the molecule is C[C@@H](CNc1cccc(Cl)c1)C(=O)c1ccccc1. The zero-order chi connectivity index (χ0) is 13.7. The molecule has 0 aliphatic carbocycles. The topological polar surface area (TPSA) is 29.1 Å². The van der Waals surface area contributed by atoms with Crippen LogP contribution >= 0.6 is 11.6 Å². The molecule has 0 unspecified atom stereocenters. The molecule has 0 aliphatic heterocycles. The molecule has 1 atom stereocenters. The second kappa shape index (κ2) is 6.39. The molecule has 2 aromatic rings. The summed E-state index contributed by atoms with van der Waals surface area (Å²) in [4.78, 5) is 12.2. The first kappa shape index (κ1) is 13.6. The molecule has 0 radical (unpaired) electrons. The second-order valence-electron chi connectivity index (χ2n) is 4.52. The zero-order valence-corrected chi connectivity index (χ0v) is 11.5. The summed E-state index contributed by atoms with van der Waals surface area (Å²) in [6.45, 7) is 2.51.